The highest BCUT2D eigenvalue weighted by Gasteiger charge is 2.21. The Bertz CT molecular complexity index is 781. The number of hydrogen-bond acceptors (Lipinski definition) is 5. The zero-order valence-corrected chi connectivity index (χ0v) is 13.1. The number of hydrogen-bond donors (Lipinski definition) is 2. The van der Waals surface area contributed by atoms with Crippen LogP contribution in [0.4, 0.5) is 0 Å². The number of nitrogens with zero attached hydrogens (tertiary/aromatic N) is 1. The third-order valence-corrected chi connectivity index (χ3v) is 6.04. The highest BCUT2D eigenvalue weighted by atomic mass is 32.2. The van der Waals surface area contributed by atoms with Crippen LogP contribution in [0.15, 0.2) is 28.7 Å². The summed E-state index contributed by atoms with van der Waals surface area (Å²) < 4.78 is 26.9. The summed E-state index contributed by atoms with van der Waals surface area (Å²) in [4.78, 5) is 15.0. The van der Waals surface area contributed by atoms with Crippen molar-refractivity contribution in [2.75, 3.05) is 0 Å². The van der Waals surface area contributed by atoms with Gasteiger partial charge in [0.1, 0.15) is 9.09 Å². The highest BCUT2D eigenvalue weighted by molar-refractivity contribution is 7.91. The van der Waals surface area contributed by atoms with Gasteiger partial charge >= 0.3 is 5.97 Å². The maximum Gasteiger partial charge on any atom is 0.346 e. The predicted molar refractivity (Wildman–Crippen MR) is 79.0 cm³/mol. The van der Waals surface area contributed by atoms with Gasteiger partial charge in [0, 0.05) is 18.9 Å². The van der Waals surface area contributed by atoms with E-state index in [1.165, 1.54) is 6.07 Å². The van der Waals surface area contributed by atoms with Crippen LogP contribution in [-0.2, 0) is 16.6 Å². The molecule has 0 unspecified atom stereocenters. The van der Waals surface area contributed by atoms with Crippen molar-refractivity contribution in [1.29, 1.82) is 0 Å². The lowest BCUT2D eigenvalue weighted by molar-refractivity contribution is 0.0701. The second-order valence-electron chi connectivity index (χ2n) is 4.51. The Morgan fingerprint density at radius 3 is 2.67 bits per heavy atom. The number of carboxylic acid groups (broad SMARTS) is 1. The lowest BCUT2D eigenvalue weighted by atomic mass is 10.2. The lowest BCUT2D eigenvalue weighted by Gasteiger charge is -2.06. The maximum absolute atomic E-state index is 12.2. The lowest BCUT2D eigenvalue weighted by Crippen LogP contribution is -2.22. The van der Waals surface area contributed by atoms with Crippen molar-refractivity contribution in [2.24, 2.45) is 0 Å². The number of aromatic nitrogens is 1. The summed E-state index contributed by atoms with van der Waals surface area (Å²) in [5.74, 6) is -1.12. The molecular weight excluding hydrogens is 312 g/mol. The van der Waals surface area contributed by atoms with E-state index in [1.807, 2.05) is 6.92 Å². The molecule has 0 aromatic carbocycles. The van der Waals surface area contributed by atoms with Gasteiger partial charge in [-0.25, -0.2) is 17.9 Å². The molecule has 0 fully saturated rings. The topological polar surface area (TPSA) is 96.4 Å². The van der Waals surface area contributed by atoms with Crippen LogP contribution >= 0.6 is 11.3 Å². The molecule has 2 rings (SSSR count). The van der Waals surface area contributed by atoms with Crippen LogP contribution in [0.1, 0.15) is 26.4 Å². The SMILES string of the molecule is Cc1cnccc1CNS(=O)(=O)c1cc(C)c(C(=O)O)s1. The van der Waals surface area contributed by atoms with E-state index in [2.05, 4.69) is 9.71 Å². The number of aryl methyl sites for hydroxylation is 2. The van der Waals surface area contributed by atoms with Gasteiger partial charge in [0.15, 0.2) is 0 Å². The molecule has 0 spiro atoms. The zero-order valence-electron chi connectivity index (χ0n) is 11.5. The van der Waals surface area contributed by atoms with E-state index in [1.54, 1.807) is 25.4 Å². The second-order valence-corrected chi connectivity index (χ2v) is 7.56. The van der Waals surface area contributed by atoms with E-state index >= 15 is 0 Å². The van der Waals surface area contributed by atoms with Crippen LogP contribution in [0.25, 0.3) is 0 Å². The minimum Gasteiger partial charge on any atom is -0.477 e. The van der Waals surface area contributed by atoms with Gasteiger partial charge in [-0.2, -0.15) is 0 Å². The van der Waals surface area contributed by atoms with Crippen LogP contribution < -0.4 is 4.72 Å². The number of pyridine rings is 1. The monoisotopic (exact) mass is 326 g/mol. The van der Waals surface area contributed by atoms with E-state index < -0.39 is 16.0 Å². The van der Waals surface area contributed by atoms with Crippen molar-refractivity contribution in [3.05, 3.63) is 46.1 Å². The van der Waals surface area contributed by atoms with E-state index in [9.17, 15) is 13.2 Å². The van der Waals surface area contributed by atoms with Crippen LogP contribution in [0.3, 0.4) is 0 Å². The number of nitrogens with one attached hydrogen (secondary N) is 1. The first kappa shape index (κ1) is 15.6. The first-order chi connectivity index (χ1) is 9.81. The summed E-state index contributed by atoms with van der Waals surface area (Å²) in [6.45, 7) is 3.55. The molecule has 0 saturated carbocycles. The molecule has 0 atom stereocenters. The van der Waals surface area contributed by atoms with Crippen LogP contribution in [-0.4, -0.2) is 24.5 Å². The largest absolute Gasteiger partial charge is 0.477 e. The number of thiophene rings is 1. The molecule has 0 radical (unpaired) electrons. The van der Waals surface area contributed by atoms with E-state index in [-0.39, 0.29) is 15.6 Å². The van der Waals surface area contributed by atoms with E-state index in [4.69, 9.17) is 5.11 Å². The summed E-state index contributed by atoms with van der Waals surface area (Å²) in [6.07, 6.45) is 3.25. The molecule has 0 aliphatic rings. The molecule has 0 bridgehead atoms. The minimum atomic E-state index is -3.73. The molecule has 2 aromatic rings. The summed E-state index contributed by atoms with van der Waals surface area (Å²) in [6, 6.07) is 3.11. The summed E-state index contributed by atoms with van der Waals surface area (Å²) in [5, 5.41) is 8.98. The molecule has 8 heteroatoms. The summed E-state index contributed by atoms with van der Waals surface area (Å²) in [5.41, 5.74) is 2.14. The molecule has 2 aromatic heterocycles. The van der Waals surface area contributed by atoms with Gasteiger partial charge in [-0.15, -0.1) is 11.3 Å². The van der Waals surface area contributed by atoms with Gasteiger partial charge in [-0.1, -0.05) is 0 Å². The first-order valence-corrected chi connectivity index (χ1v) is 8.34. The number of aromatic carboxylic acids is 1. The Hall–Kier alpha value is -1.77. The Kier molecular flexibility index (Phi) is 4.40. The normalized spacial score (nSPS) is 11.5. The van der Waals surface area contributed by atoms with Crippen molar-refractivity contribution in [2.45, 2.75) is 24.6 Å². The molecule has 21 heavy (non-hydrogen) atoms. The fraction of sp³-hybridized carbons (Fsp3) is 0.231. The van der Waals surface area contributed by atoms with E-state index in [0.717, 1.165) is 22.5 Å². The fourth-order valence-electron chi connectivity index (χ4n) is 1.74. The van der Waals surface area contributed by atoms with Gasteiger partial charge in [-0.05, 0) is 42.7 Å². The number of carbonyl (C=O) groups is 1. The molecule has 0 aliphatic heterocycles. The molecule has 2 heterocycles. The molecule has 112 valence electrons. The van der Waals surface area contributed by atoms with Crippen molar-refractivity contribution >= 4 is 27.3 Å². The van der Waals surface area contributed by atoms with Crippen LogP contribution in [0.2, 0.25) is 0 Å². The second kappa shape index (κ2) is 5.92. The molecule has 0 saturated heterocycles. The van der Waals surface area contributed by atoms with Gasteiger partial charge in [0.05, 0.1) is 0 Å². The average molecular weight is 326 g/mol. The molecule has 0 aliphatic carbocycles. The summed E-state index contributed by atoms with van der Waals surface area (Å²) >= 11 is 0.752. The Morgan fingerprint density at radius 1 is 1.38 bits per heavy atom. The molecule has 0 amide bonds. The quantitative estimate of drug-likeness (QED) is 0.875. The smallest absolute Gasteiger partial charge is 0.346 e. The summed E-state index contributed by atoms with van der Waals surface area (Å²) in [7, 11) is -3.73. The van der Waals surface area contributed by atoms with Crippen molar-refractivity contribution in [3.63, 3.8) is 0 Å². The van der Waals surface area contributed by atoms with Crippen molar-refractivity contribution in [3.8, 4) is 0 Å². The highest BCUT2D eigenvalue weighted by Crippen LogP contribution is 2.26. The molecular formula is C13H14N2O4S2. The van der Waals surface area contributed by atoms with Gasteiger partial charge < -0.3 is 5.11 Å². The predicted octanol–water partition coefficient (Wildman–Crippen LogP) is 1.94. The van der Waals surface area contributed by atoms with Crippen LogP contribution in [0, 0.1) is 13.8 Å². The Morgan fingerprint density at radius 2 is 2.10 bits per heavy atom. The minimum absolute atomic E-state index is 0.00380. The standard InChI is InChI=1S/C13H14N2O4S2/c1-8-5-11(20-12(8)13(16)17)21(18,19)15-7-10-3-4-14-6-9(10)2/h3-6,15H,7H2,1-2H3,(H,16,17). The number of sulfonamides is 1. The van der Waals surface area contributed by atoms with Gasteiger partial charge in [-0.3, -0.25) is 4.98 Å². The number of carboxylic acids is 1. The Labute approximate surface area is 126 Å². The number of rotatable bonds is 5. The Balaban J connectivity index is 2.21. The van der Waals surface area contributed by atoms with Crippen LogP contribution in [0.5, 0.6) is 0 Å². The van der Waals surface area contributed by atoms with Crippen molar-refractivity contribution < 1.29 is 18.3 Å². The third-order valence-electron chi connectivity index (χ3n) is 2.94. The fourth-order valence-corrected chi connectivity index (χ4v) is 4.17. The first-order valence-electron chi connectivity index (χ1n) is 6.04. The average Bonchev–Trinajstić information content (AvgIpc) is 2.81. The van der Waals surface area contributed by atoms with Crippen molar-refractivity contribution in [1.82, 2.24) is 9.71 Å². The van der Waals surface area contributed by atoms with Gasteiger partial charge in [0.25, 0.3) is 0 Å². The van der Waals surface area contributed by atoms with Gasteiger partial charge in [0.2, 0.25) is 10.0 Å². The molecule has 6 nitrogen and oxygen atoms in total. The zero-order chi connectivity index (χ0) is 15.6. The maximum atomic E-state index is 12.2. The van der Waals surface area contributed by atoms with E-state index in [0.29, 0.717) is 5.56 Å². The third kappa shape index (κ3) is 3.46. The molecule has 2 N–H and O–H groups in total.